The third kappa shape index (κ3) is 3.90. The van der Waals surface area contributed by atoms with E-state index in [-0.39, 0.29) is 22.5 Å². The SMILES string of the molecule is CC(C)Cn1nc(-c2ccncc2Cl)n(-c2ccc(C(F)(F)F)cc2)c1=O. The number of nitrogens with zero attached hydrogens (tertiary/aromatic N) is 4. The normalized spacial score (nSPS) is 12.0. The van der Waals surface area contributed by atoms with Gasteiger partial charge < -0.3 is 0 Å². The third-order valence-corrected chi connectivity index (χ3v) is 4.14. The van der Waals surface area contributed by atoms with Crippen LogP contribution < -0.4 is 5.69 Å². The zero-order chi connectivity index (χ0) is 19.8. The summed E-state index contributed by atoms with van der Waals surface area (Å²) in [4.78, 5) is 16.8. The van der Waals surface area contributed by atoms with Gasteiger partial charge in [0.2, 0.25) is 0 Å². The van der Waals surface area contributed by atoms with E-state index in [9.17, 15) is 18.0 Å². The number of hydrogen-bond acceptors (Lipinski definition) is 3. The van der Waals surface area contributed by atoms with Crippen LogP contribution in [0.5, 0.6) is 0 Å². The molecule has 2 aromatic heterocycles. The first-order chi connectivity index (χ1) is 12.7. The molecule has 0 atom stereocenters. The van der Waals surface area contributed by atoms with Gasteiger partial charge in [-0.3, -0.25) is 4.98 Å². The fourth-order valence-electron chi connectivity index (χ4n) is 2.64. The smallest absolute Gasteiger partial charge is 0.263 e. The fraction of sp³-hybridized carbons (Fsp3) is 0.278. The van der Waals surface area contributed by atoms with E-state index in [0.717, 1.165) is 12.1 Å². The van der Waals surface area contributed by atoms with Crippen molar-refractivity contribution in [2.24, 2.45) is 5.92 Å². The Kier molecular flexibility index (Phi) is 5.10. The Hall–Kier alpha value is -2.61. The van der Waals surface area contributed by atoms with Gasteiger partial charge in [0.1, 0.15) is 0 Å². The summed E-state index contributed by atoms with van der Waals surface area (Å²) >= 11 is 6.19. The van der Waals surface area contributed by atoms with Crippen LogP contribution in [0.2, 0.25) is 5.02 Å². The Bertz CT molecular complexity index is 1010. The van der Waals surface area contributed by atoms with Crippen LogP contribution in [0.25, 0.3) is 17.1 Å². The second-order valence-electron chi connectivity index (χ2n) is 6.42. The lowest BCUT2D eigenvalue weighted by molar-refractivity contribution is -0.137. The Morgan fingerprint density at radius 3 is 2.37 bits per heavy atom. The third-order valence-electron chi connectivity index (χ3n) is 3.84. The van der Waals surface area contributed by atoms with Crippen LogP contribution in [0, 0.1) is 5.92 Å². The summed E-state index contributed by atoms with van der Waals surface area (Å²) in [5.41, 5.74) is -0.513. The van der Waals surface area contributed by atoms with Gasteiger partial charge in [0.15, 0.2) is 5.82 Å². The summed E-state index contributed by atoms with van der Waals surface area (Å²) in [6.45, 7) is 4.23. The second kappa shape index (κ2) is 7.19. The Balaban J connectivity index is 2.20. The van der Waals surface area contributed by atoms with E-state index >= 15 is 0 Å². The highest BCUT2D eigenvalue weighted by Gasteiger charge is 2.30. The van der Waals surface area contributed by atoms with Gasteiger partial charge in [-0.05, 0) is 36.2 Å². The lowest BCUT2D eigenvalue weighted by Gasteiger charge is -2.09. The highest BCUT2D eigenvalue weighted by Crippen LogP contribution is 2.31. The maximum absolute atomic E-state index is 12.9. The molecular weight excluding hydrogens is 381 g/mol. The molecule has 0 aliphatic heterocycles. The Labute approximate surface area is 158 Å². The monoisotopic (exact) mass is 396 g/mol. The summed E-state index contributed by atoms with van der Waals surface area (Å²) in [7, 11) is 0. The minimum Gasteiger partial charge on any atom is -0.263 e. The van der Waals surface area contributed by atoms with Gasteiger partial charge in [0.25, 0.3) is 0 Å². The van der Waals surface area contributed by atoms with Crippen molar-refractivity contribution in [2.75, 3.05) is 0 Å². The summed E-state index contributed by atoms with van der Waals surface area (Å²) in [5, 5.41) is 4.65. The second-order valence-corrected chi connectivity index (χ2v) is 6.82. The van der Waals surface area contributed by atoms with E-state index in [1.807, 2.05) is 13.8 Å². The minimum atomic E-state index is -4.46. The predicted octanol–water partition coefficient (Wildman–Crippen LogP) is 4.42. The number of aromatic nitrogens is 4. The van der Waals surface area contributed by atoms with Crippen molar-refractivity contribution in [3.8, 4) is 17.1 Å². The first-order valence-electron chi connectivity index (χ1n) is 8.16. The van der Waals surface area contributed by atoms with Gasteiger partial charge in [0, 0.05) is 24.5 Å². The van der Waals surface area contributed by atoms with Crippen molar-refractivity contribution < 1.29 is 13.2 Å². The van der Waals surface area contributed by atoms with E-state index in [4.69, 9.17) is 11.6 Å². The molecule has 0 aliphatic carbocycles. The molecule has 3 aromatic rings. The first-order valence-corrected chi connectivity index (χ1v) is 8.53. The zero-order valence-corrected chi connectivity index (χ0v) is 15.3. The molecule has 5 nitrogen and oxygen atoms in total. The van der Waals surface area contributed by atoms with E-state index in [2.05, 4.69) is 10.1 Å². The average molecular weight is 397 g/mol. The van der Waals surface area contributed by atoms with Gasteiger partial charge in [-0.1, -0.05) is 25.4 Å². The number of benzene rings is 1. The lowest BCUT2D eigenvalue weighted by atomic mass is 10.2. The maximum Gasteiger partial charge on any atom is 0.416 e. The quantitative estimate of drug-likeness (QED) is 0.655. The summed E-state index contributed by atoms with van der Waals surface area (Å²) in [6.07, 6.45) is -1.53. The molecule has 0 unspecified atom stereocenters. The molecule has 1 aromatic carbocycles. The molecule has 0 spiro atoms. The summed E-state index contributed by atoms with van der Waals surface area (Å²) in [5.74, 6) is 0.396. The molecule has 9 heteroatoms. The van der Waals surface area contributed by atoms with Gasteiger partial charge in [-0.2, -0.15) is 13.2 Å². The van der Waals surface area contributed by atoms with Crippen LogP contribution in [0.4, 0.5) is 13.2 Å². The molecule has 0 amide bonds. The van der Waals surface area contributed by atoms with E-state index < -0.39 is 17.4 Å². The zero-order valence-electron chi connectivity index (χ0n) is 14.5. The maximum atomic E-state index is 12.9. The molecule has 0 bridgehead atoms. The van der Waals surface area contributed by atoms with E-state index in [1.165, 1.54) is 33.8 Å². The summed E-state index contributed by atoms with van der Waals surface area (Å²) in [6, 6.07) is 5.94. The van der Waals surface area contributed by atoms with E-state index in [0.29, 0.717) is 12.1 Å². The highest BCUT2D eigenvalue weighted by molar-refractivity contribution is 6.33. The molecule has 0 aliphatic rings. The highest BCUT2D eigenvalue weighted by atomic mass is 35.5. The van der Waals surface area contributed by atoms with Crippen molar-refractivity contribution in [2.45, 2.75) is 26.6 Å². The molecule has 0 fully saturated rings. The standard InChI is InChI=1S/C18H16ClF3N4O/c1-11(2)10-25-17(27)26(13-5-3-12(4-6-13)18(20,21)22)16(24-25)14-7-8-23-9-15(14)19/h3-9,11H,10H2,1-2H3. The van der Waals surface area contributed by atoms with Crippen LogP contribution in [-0.2, 0) is 12.7 Å². The van der Waals surface area contributed by atoms with Gasteiger partial charge >= 0.3 is 11.9 Å². The molecule has 142 valence electrons. The molecule has 0 saturated heterocycles. The Morgan fingerprint density at radius 1 is 1.15 bits per heavy atom. The molecule has 2 heterocycles. The van der Waals surface area contributed by atoms with Crippen LogP contribution in [0.1, 0.15) is 19.4 Å². The number of halogens is 4. The molecule has 3 rings (SSSR count). The Morgan fingerprint density at radius 2 is 1.81 bits per heavy atom. The molecule has 0 N–H and O–H groups in total. The molecular formula is C18H16ClF3N4O. The van der Waals surface area contributed by atoms with Crippen LogP contribution in [0.3, 0.4) is 0 Å². The molecule has 0 saturated carbocycles. The minimum absolute atomic E-state index is 0.152. The average Bonchev–Trinajstić information content (AvgIpc) is 2.90. The molecule has 27 heavy (non-hydrogen) atoms. The summed E-state index contributed by atoms with van der Waals surface area (Å²) < 4.78 is 41.0. The number of hydrogen-bond donors (Lipinski definition) is 0. The van der Waals surface area contributed by atoms with Gasteiger partial charge in [-0.25, -0.2) is 14.0 Å². The first kappa shape index (κ1) is 19.2. The number of pyridine rings is 1. The van der Waals surface area contributed by atoms with Crippen molar-refractivity contribution in [1.29, 1.82) is 0 Å². The van der Waals surface area contributed by atoms with Crippen molar-refractivity contribution >= 4 is 11.6 Å². The predicted molar refractivity (Wildman–Crippen MR) is 95.9 cm³/mol. The van der Waals surface area contributed by atoms with Crippen LogP contribution in [0.15, 0.2) is 47.5 Å². The van der Waals surface area contributed by atoms with Gasteiger partial charge in [0.05, 0.1) is 16.3 Å². The van der Waals surface area contributed by atoms with Crippen molar-refractivity contribution in [3.05, 3.63) is 63.8 Å². The lowest BCUT2D eigenvalue weighted by Crippen LogP contribution is -2.25. The number of rotatable bonds is 4. The van der Waals surface area contributed by atoms with E-state index in [1.54, 1.807) is 6.07 Å². The largest absolute Gasteiger partial charge is 0.416 e. The molecule has 0 radical (unpaired) electrons. The van der Waals surface area contributed by atoms with Crippen molar-refractivity contribution in [1.82, 2.24) is 19.3 Å². The fourth-order valence-corrected chi connectivity index (χ4v) is 2.84. The van der Waals surface area contributed by atoms with Gasteiger partial charge in [-0.15, -0.1) is 5.10 Å². The van der Waals surface area contributed by atoms with Crippen LogP contribution in [-0.4, -0.2) is 19.3 Å². The number of alkyl halides is 3. The van der Waals surface area contributed by atoms with Crippen molar-refractivity contribution in [3.63, 3.8) is 0 Å². The van der Waals surface area contributed by atoms with Crippen LogP contribution >= 0.6 is 11.6 Å². The topological polar surface area (TPSA) is 52.7 Å².